The second-order valence-electron chi connectivity index (χ2n) is 2.90. The third-order valence-electron chi connectivity index (χ3n) is 1.68. The summed E-state index contributed by atoms with van der Waals surface area (Å²) in [6.07, 6.45) is -7.15. The fourth-order valence-corrected chi connectivity index (χ4v) is 0.773. The molecule has 82 valence electrons. The molecule has 0 aromatic carbocycles. The van der Waals surface area contributed by atoms with Gasteiger partial charge in [-0.2, -0.15) is 0 Å². The fourth-order valence-electron chi connectivity index (χ4n) is 0.773. The third kappa shape index (κ3) is 3.04. The Labute approximate surface area is 79.8 Å². The van der Waals surface area contributed by atoms with Crippen LogP contribution < -0.4 is 5.73 Å². The SMILES string of the molecule is C[C@@H](O)[C@@H](O)[C@H](O)[C@@H](O)C(=O)C(N)=O. The lowest BCUT2D eigenvalue weighted by Gasteiger charge is -2.22. The second-order valence-corrected chi connectivity index (χ2v) is 2.90. The minimum absolute atomic E-state index is 1.15. The molecule has 0 saturated carbocycles. The Hall–Kier alpha value is -1.02. The van der Waals surface area contributed by atoms with E-state index in [4.69, 9.17) is 20.4 Å². The van der Waals surface area contributed by atoms with Crippen molar-refractivity contribution in [1.29, 1.82) is 0 Å². The maximum atomic E-state index is 10.7. The lowest BCUT2D eigenvalue weighted by Crippen LogP contribution is -2.49. The molecule has 0 aromatic rings. The quantitative estimate of drug-likeness (QED) is 0.296. The minimum Gasteiger partial charge on any atom is -0.391 e. The summed E-state index contributed by atoms with van der Waals surface area (Å²) in [7, 11) is 0. The van der Waals surface area contributed by atoms with Crippen molar-refractivity contribution in [3.63, 3.8) is 0 Å². The highest BCUT2D eigenvalue weighted by molar-refractivity contribution is 6.37. The third-order valence-corrected chi connectivity index (χ3v) is 1.68. The van der Waals surface area contributed by atoms with Crippen molar-refractivity contribution in [2.24, 2.45) is 5.73 Å². The molecule has 7 heteroatoms. The monoisotopic (exact) mass is 207 g/mol. The second kappa shape index (κ2) is 5.01. The van der Waals surface area contributed by atoms with Gasteiger partial charge in [0.2, 0.25) is 0 Å². The smallest absolute Gasteiger partial charge is 0.287 e. The predicted molar refractivity (Wildman–Crippen MR) is 43.9 cm³/mol. The molecular formula is C7H13NO6. The normalized spacial score (nSPS) is 19.5. The molecule has 0 saturated heterocycles. The van der Waals surface area contributed by atoms with Crippen molar-refractivity contribution in [1.82, 2.24) is 0 Å². The molecule has 7 nitrogen and oxygen atoms in total. The average Bonchev–Trinajstić information content (AvgIpc) is 2.12. The van der Waals surface area contributed by atoms with Gasteiger partial charge in [-0.1, -0.05) is 0 Å². The Bertz CT molecular complexity index is 228. The Morgan fingerprint density at radius 2 is 1.50 bits per heavy atom. The number of rotatable bonds is 5. The van der Waals surface area contributed by atoms with Crippen molar-refractivity contribution in [3.8, 4) is 0 Å². The van der Waals surface area contributed by atoms with E-state index >= 15 is 0 Å². The summed E-state index contributed by atoms with van der Waals surface area (Å²) in [5.74, 6) is -2.84. The molecule has 0 radical (unpaired) electrons. The van der Waals surface area contributed by atoms with E-state index in [1.54, 1.807) is 0 Å². The number of nitrogens with two attached hydrogens (primary N) is 1. The Balaban J connectivity index is 4.46. The number of Topliss-reactive ketones (excluding diaryl/α,β-unsaturated/α-hetero) is 1. The topological polar surface area (TPSA) is 141 Å². The van der Waals surface area contributed by atoms with E-state index in [1.165, 1.54) is 0 Å². The van der Waals surface area contributed by atoms with E-state index in [2.05, 4.69) is 5.73 Å². The Kier molecular flexibility index (Phi) is 4.64. The number of hydrogen-bond donors (Lipinski definition) is 5. The molecule has 14 heavy (non-hydrogen) atoms. The van der Waals surface area contributed by atoms with Crippen molar-refractivity contribution in [3.05, 3.63) is 0 Å². The van der Waals surface area contributed by atoms with Crippen molar-refractivity contribution < 1.29 is 30.0 Å². The highest BCUT2D eigenvalue weighted by atomic mass is 16.4. The van der Waals surface area contributed by atoms with Crippen molar-refractivity contribution in [2.45, 2.75) is 31.3 Å². The lowest BCUT2D eigenvalue weighted by molar-refractivity contribution is -0.151. The van der Waals surface area contributed by atoms with Crippen molar-refractivity contribution in [2.75, 3.05) is 0 Å². The Morgan fingerprint density at radius 1 is 1.07 bits per heavy atom. The van der Waals surface area contributed by atoms with Gasteiger partial charge >= 0.3 is 0 Å². The Morgan fingerprint density at radius 3 is 1.79 bits per heavy atom. The van der Waals surface area contributed by atoms with Crippen LogP contribution in [0.2, 0.25) is 0 Å². The van der Waals surface area contributed by atoms with Crippen LogP contribution in [0.5, 0.6) is 0 Å². The number of carbonyl (C=O) groups excluding carboxylic acids is 2. The van der Waals surface area contributed by atoms with E-state index in [0.717, 1.165) is 6.92 Å². The largest absolute Gasteiger partial charge is 0.391 e. The number of primary amides is 1. The van der Waals surface area contributed by atoms with Crippen LogP contribution in [-0.2, 0) is 9.59 Å². The van der Waals surface area contributed by atoms with Crippen LogP contribution in [0.15, 0.2) is 0 Å². The molecule has 0 unspecified atom stereocenters. The molecule has 6 N–H and O–H groups in total. The minimum atomic E-state index is -2.13. The molecule has 0 aliphatic carbocycles. The molecule has 0 bridgehead atoms. The summed E-state index contributed by atoms with van der Waals surface area (Å²) in [5, 5.41) is 35.9. The van der Waals surface area contributed by atoms with Crippen LogP contribution in [0.25, 0.3) is 0 Å². The van der Waals surface area contributed by atoms with Gasteiger partial charge in [0, 0.05) is 0 Å². The molecule has 0 fully saturated rings. The van der Waals surface area contributed by atoms with E-state index < -0.39 is 36.1 Å². The maximum Gasteiger partial charge on any atom is 0.287 e. The predicted octanol–water partition coefficient (Wildman–Crippen LogP) is -3.50. The molecule has 1 amide bonds. The fraction of sp³-hybridized carbons (Fsp3) is 0.714. The molecule has 0 aromatic heterocycles. The van der Waals surface area contributed by atoms with Gasteiger partial charge in [-0.3, -0.25) is 9.59 Å². The van der Waals surface area contributed by atoms with Gasteiger partial charge in [-0.05, 0) is 6.92 Å². The lowest BCUT2D eigenvalue weighted by atomic mass is 10.0. The highest BCUT2D eigenvalue weighted by Gasteiger charge is 2.34. The summed E-state index contributed by atoms with van der Waals surface area (Å²) < 4.78 is 0. The van der Waals surface area contributed by atoms with E-state index in [9.17, 15) is 9.59 Å². The summed E-state index contributed by atoms with van der Waals surface area (Å²) in [6, 6.07) is 0. The summed E-state index contributed by atoms with van der Waals surface area (Å²) in [5.41, 5.74) is 4.55. The number of aliphatic hydroxyl groups excluding tert-OH is 4. The number of hydrogen-bond acceptors (Lipinski definition) is 6. The van der Waals surface area contributed by atoms with Gasteiger partial charge in [0.1, 0.15) is 12.2 Å². The van der Waals surface area contributed by atoms with Crippen LogP contribution in [-0.4, -0.2) is 56.5 Å². The first-order valence-electron chi connectivity index (χ1n) is 3.85. The molecule has 0 aliphatic heterocycles. The van der Waals surface area contributed by atoms with Gasteiger partial charge in [0.05, 0.1) is 6.10 Å². The summed E-state index contributed by atoms with van der Waals surface area (Å²) in [6.45, 7) is 1.15. The van der Waals surface area contributed by atoms with Crippen LogP contribution in [0.1, 0.15) is 6.92 Å². The molecule has 0 heterocycles. The van der Waals surface area contributed by atoms with Crippen LogP contribution in [0, 0.1) is 0 Å². The van der Waals surface area contributed by atoms with Gasteiger partial charge in [0.25, 0.3) is 11.7 Å². The highest BCUT2D eigenvalue weighted by Crippen LogP contribution is 2.05. The number of aliphatic hydroxyl groups is 4. The van der Waals surface area contributed by atoms with Crippen LogP contribution in [0.4, 0.5) is 0 Å². The van der Waals surface area contributed by atoms with Crippen LogP contribution in [0.3, 0.4) is 0 Å². The maximum absolute atomic E-state index is 10.7. The average molecular weight is 207 g/mol. The zero-order valence-electron chi connectivity index (χ0n) is 7.49. The zero-order chi connectivity index (χ0) is 11.5. The molecular weight excluding hydrogens is 194 g/mol. The first kappa shape index (κ1) is 13.0. The summed E-state index contributed by atoms with van der Waals surface area (Å²) in [4.78, 5) is 21.0. The van der Waals surface area contributed by atoms with Gasteiger partial charge < -0.3 is 26.2 Å². The molecule has 0 rings (SSSR count). The molecule has 4 atom stereocenters. The van der Waals surface area contributed by atoms with Gasteiger partial charge in [-0.15, -0.1) is 0 Å². The number of amides is 1. The van der Waals surface area contributed by atoms with E-state index in [1.807, 2.05) is 0 Å². The van der Waals surface area contributed by atoms with E-state index in [-0.39, 0.29) is 0 Å². The molecule has 0 aliphatic rings. The van der Waals surface area contributed by atoms with Gasteiger partial charge in [-0.25, -0.2) is 0 Å². The molecule has 0 spiro atoms. The first-order chi connectivity index (χ1) is 6.29. The number of carbonyl (C=O) groups is 2. The van der Waals surface area contributed by atoms with Crippen molar-refractivity contribution >= 4 is 11.7 Å². The summed E-state index contributed by atoms with van der Waals surface area (Å²) >= 11 is 0. The first-order valence-corrected chi connectivity index (χ1v) is 3.85. The number of ketones is 1. The van der Waals surface area contributed by atoms with Gasteiger partial charge in [0.15, 0.2) is 6.10 Å². The zero-order valence-corrected chi connectivity index (χ0v) is 7.49. The van der Waals surface area contributed by atoms with E-state index in [0.29, 0.717) is 0 Å². The van der Waals surface area contributed by atoms with Crippen LogP contribution >= 0.6 is 0 Å². The standard InChI is InChI=1S/C7H13NO6/c1-2(9)3(10)4(11)5(12)6(13)7(8)14/h2-5,9-12H,1H3,(H2,8,14)/t2-,3-,4+,5-/m1/s1.